The molecule has 4 nitrogen and oxygen atoms in total. The van der Waals surface area contributed by atoms with Gasteiger partial charge in [-0.3, -0.25) is 0 Å². The van der Waals surface area contributed by atoms with E-state index in [0.29, 0.717) is 11.6 Å². The molecule has 1 aliphatic heterocycles. The van der Waals surface area contributed by atoms with Crippen molar-refractivity contribution < 1.29 is 4.42 Å². The summed E-state index contributed by atoms with van der Waals surface area (Å²) in [7, 11) is 0. The van der Waals surface area contributed by atoms with Gasteiger partial charge in [-0.25, -0.2) is 4.99 Å². The normalized spacial score (nSPS) is 20.5. The van der Waals surface area contributed by atoms with Crippen LogP contribution in [-0.4, -0.2) is 11.3 Å². The molecular formula is C8H11N3OS. The molecule has 13 heavy (non-hydrogen) atoms. The van der Waals surface area contributed by atoms with E-state index in [-0.39, 0.29) is 5.50 Å². The number of nitrogens with two attached hydrogens (primary N) is 1. The summed E-state index contributed by atoms with van der Waals surface area (Å²) in [5.74, 6) is 1.89. The highest BCUT2D eigenvalue weighted by Gasteiger charge is 2.23. The van der Waals surface area contributed by atoms with Gasteiger partial charge in [-0.05, 0) is 13.8 Å². The number of hydrogen-bond acceptors (Lipinski definition) is 5. The lowest BCUT2D eigenvalue weighted by Gasteiger charge is -2.16. The van der Waals surface area contributed by atoms with Crippen molar-refractivity contribution in [2.45, 2.75) is 19.3 Å². The third-order valence-corrected chi connectivity index (χ3v) is 2.40. The van der Waals surface area contributed by atoms with Crippen molar-refractivity contribution in [1.29, 1.82) is 0 Å². The number of fused-ring (bicyclic) bond motifs is 1. The molecular weight excluding hydrogens is 186 g/mol. The number of furan rings is 1. The Morgan fingerprint density at radius 2 is 2.23 bits per heavy atom. The van der Waals surface area contributed by atoms with E-state index in [4.69, 9.17) is 10.2 Å². The molecule has 0 aromatic carbocycles. The van der Waals surface area contributed by atoms with Crippen LogP contribution in [-0.2, 0) is 0 Å². The summed E-state index contributed by atoms with van der Waals surface area (Å²) >= 11 is 4.18. The van der Waals surface area contributed by atoms with Crippen LogP contribution in [0.4, 0.5) is 5.69 Å². The van der Waals surface area contributed by atoms with Gasteiger partial charge in [-0.1, -0.05) is 0 Å². The zero-order valence-corrected chi connectivity index (χ0v) is 8.35. The highest BCUT2D eigenvalue weighted by molar-refractivity contribution is 7.81. The summed E-state index contributed by atoms with van der Waals surface area (Å²) in [6.45, 7) is 3.87. The monoisotopic (exact) mass is 197 g/mol. The van der Waals surface area contributed by atoms with Gasteiger partial charge in [0.2, 0.25) is 0 Å². The molecule has 70 valence electrons. The number of nitrogens with zero attached hydrogens (tertiary/aromatic N) is 1. The van der Waals surface area contributed by atoms with Crippen LogP contribution in [0.1, 0.15) is 17.1 Å². The van der Waals surface area contributed by atoms with Crippen LogP contribution >= 0.6 is 12.6 Å². The minimum atomic E-state index is -0.275. The molecule has 0 aliphatic carbocycles. The highest BCUT2D eigenvalue weighted by atomic mass is 32.1. The first-order valence-corrected chi connectivity index (χ1v) is 4.49. The SMILES string of the molecule is Cc1oc2c(c1C)NC(S)N=C2N. The van der Waals surface area contributed by atoms with E-state index in [0.717, 1.165) is 17.0 Å². The van der Waals surface area contributed by atoms with E-state index in [1.54, 1.807) is 0 Å². The minimum absolute atomic E-state index is 0.275. The molecule has 0 spiro atoms. The molecule has 2 rings (SSSR count). The Balaban J connectivity index is 2.59. The smallest absolute Gasteiger partial charge is 0.192 e. The Bertz CT molecular complexity index is 383. The Hall–Kier alpha value is -1.10. The van der Waals surface area contributed by atoms with E-state index in [9.17, 15) is 0 Å². The maximum atomic E-state index is 5.69. The molecule has 1 aromatic rings. The average molecular weight is 197 g/mol. The van der Waals surface area contributed by atoms with E-state index < -0.39 is 0 Å². The number of rotatable bonds is 0. The van der Waals surface area contributed by atoms with Crippen LogP contribution in [0.15, 0.2) is 9.41 Å². The van der Waals surface area contributed by atoms with Gasteiger partial charge in [0.05, 0.1) is 5.69 Å². The lowest BCUT2D eigenvalue weighted by atomic mass is 10.2. The molecule has 2 heterocycles. The predicted molar refractivity (Wildman–Crippen MR) is 55.3 cm³/mol. The fourth-order valence-electron chi connectivity index (χ4n) is 1.33. The van der Waals surface area contributed by atoms with Gasteiger partial charge >= 0.3 is 0 Å². The summed E-state index contributed by atoms with van der Waals surface area (Å²) in [5, 5.41) is 3.08. The van der Waals surface area contributed by atoms with E-state index in [1.165, 1.54) is 0 Å². The van der Waals surface area contributed by atoms with E-state index in [2.05, 4.69) is 22.9 Å². The zero-order valence-electron chi connectivity index (χ0n) is 7.46. The Kier molecular flexibility index (Phi) is 1.76. The van der Waals surface area contributed by atoms with Crippen LogP contribution < -0.4 is 11.1 Å². The Morgan fingerprint density at radius 1 is 1.54 bits per heavy atom. The molecule has 0 radical (unpaired) electrons. The van der Waals surface area contributed by atoms with Crippen molar-refractivity contribution in [3.8, 4) is 0 Å². The lowest BCUT2D eigenvalue weighted by molar-refractivity contribution is 0.521. The lowest BCUT2D eigenvalue weighted by Crippen LogP contribution is -2.25. The first-order valence-electron chi connectivity index (χ1n) is 3.98. The number of anilines is 1. The summed E-state index contributed by atoms with van der Waals surface area (Å²) in [6.07, 6.45) is 0. The quantitative estimate of drug-likeness (QED) is 0.548. The van der Waals surface area contributed by atoms with Crippen molar-refractivity contribution >= 4 is 24.2 Å². The van der Waals surface area contributed by atoms with Gasteiger partial charge in [0.15, 0.2) is 17.1 Å². The minimum Gasteiger partial charge on any atom is -0.456 e. The molecule has 0 amide bonds. The standard InChI is InChI=1S/C8H11N3OS/c1-3-4(2)12-6-5(3)10-8(13)11-7(6)9/h8,10,13H,1-2H3,(H2,9,11). The van der Waals surface area contributed by atoms with Crippen molar-refractivity contribution in [3.05, 3.63) is 17.1 Å². The van der Waals surface area contributed by atoms with Gasteiger partial charge in [-0.2, -0.15) is 0 Å². The second-order valence-corrected chi connectivity index (χ2v) is 3.51. The average Bonchev–Trinajstić information content (AvgIpc) is 2.32. The molecule has 1 aliphatic rings. The van der Waals surface area contributed by atoms with Crippen LogP contribution in [0.5, 0.6) is 0 Å². The number of thiol groups is 1. The Labute approximate surface area is 81.6 Å². The number of aryl methyl sites for hydroxylation is 1. The summed E-state index contributed by atoms with van der Waals surface area (Å²) < 4.78 is 5.45. The third kappa shape index (κ3) is 1.19. The number of hydrogen-bond donors (Lipinski definition) is 3. The molecule has 1 unspecified atom stereocenters. The van der Waals surface area contributed by atoms with Gasteiger partial charge in [0.1, 0.15) is 5.76 Å². The number of nitrogens with one attached hydrogen (secondary N) is 1. The van der Waals surface area contributed by atoms with Gasteiger partial charge < -0.3 is 15.5 Å². The van der Waals surface area contributed by atoms with Crippen LogP contribution in [0.2, 0.25) is 0 Å². The molecule has 0 bridgehead atoms. The number of amidine groups is 1. The molecule has 1 aromatic heterocycles. The first-order chi connectivity index (χ1) is 6.09. The molecule has 0 saturated carbocycles. The van der Waals surface area contributed by atoms with Gasteiger partial charge in [0.25, 0.3) is 0 Å². The summed E-state index contributed by atoms with van der Waals surface area (Å²) in [4.78, 5) is 4.03. The van der Waals surface area contributed by atoms with Crippen molar-refractivity contribution in [3.63, 3.8) is 0 Å². The van der Waals surface area contributed by atoms with Crippen molar-refractivity contribution in [1.82, 2.24) is 0 Å². The van der Waals surface area contributed by atoms with Crippen molar-refractivity contribution in [2.75, 3.05) is 5.32 Å². The largest absolute Gasteiger partial charge is 0.456 e. The third-order valence-electron chi connectivity index (χ3n) is 2.15. The molecule has 0 saturated heterocycles. The molecule has 1 atom stereocenters. The van der Waals surface area contributed by atoms with Crippen molar-refractivity contribution in [2.24, 2.45) is 10.7 Å². The molecule has 3 N–H and O–H groups in total. The topological polar surface area (TPSA) is 63.5 Å². The molecule has 0 fully saturated rings. The zero-order chi connectivity index (χ0) is 9.59. The fraction of sp³-hybridized carbons (Fsp3) is 0.375. The van der Waals surface area contributed by atoms with Crippen LogP contribution in [0.3, 0.4) is 0 Å². The van der Waals surface area contributed by atoms with Crippen LogP contribution in [0, 0.1) is 13.8 Å². The fourth-order valence-corrected chi connectivity index (χ4v) is 1.59. The second-order valence-electron chi connectivity index (χ2n) is 3.02. The van der Waals surface area contributed by atoms with Gasteiger partial charge in [-0.15, -0.1) is 12.6 Å². The predicted octanol–water partition coefficient (Wildman–Crippen LogP) is 1.24. The maximum absolute atomic E-state index is 5.69. The summed E-state index contributed by atoms with van der Waals surface area (Å²) in [6, 6.07) is 0. The Morgan fingerprint density at radius 3 is 2.92 bits per heavy atom. The second kappa shape index (κ2) is 2.70. The van der Waals surface area contributed by atoms with Gasteiger partial charge in [0, 0.05) is 5.56 Å². The summed E-state index contributed by atoms with van der Waals surface area (Å²) in [5.41, 5.74) is 7.38. The number of aliphatic imine (C=N–C) groups is 1. The van der Waals surface area contributed by atoms with E-state index in [1.807, 2.05) is 13.8 Å². The van der Waals surface area contributed by atoms with E-state index >= 15 is 0 Å². The first kappa shape index (κ1) is 8.50. The molecule has 5 heteroatoms. The van der Waals surface area contributed by atoms with Crippen LogP contribution in [0.25, 0.3) is 0 Å². The highest BCUT2D eigenvalue weighted by Crippen LogP contribution is 2.30. The maximum Gasteiger partial charge on any atom is 0.192 e.